The van der Waals surface area contributed by atoms with Gasteiger partial charge in [-0.05, 0) is 45.3 Å². The summed E-state index contributed by atoms with van der Waals surface area (Å²) in [6.07, 6.45) is 10.0. The molecule has 2 rings (SSSR count). The molecule has 0 saturated carbocycles. The molecule has 1 atom stereocenters. The molecule has 110 valence electrons. The average molecular weight is 267 g/mol. The predicted octanol–water partition coefficient (Wildman–Crippen LogP) is 1.51. The normalized spacial score (nSPS) is 26.4. The summed E-state index contributed by atoms with van der Waals surface area (Å²) in [6.45, 7) is 5.22. The van der Waals surface area contributed by atoms with Crippen molar-refractivity contribution in [2.45, 2.75) is 57.4 Å². The zero-order valence-electron chi connectivity index (χ0n) is 12.1. The summed E-state index contributed by atoms with van der Waals surface area (Å²) in [5.41, 5.74) is 0. The van der Waals surface area contributed by atoms with E-state index in [0.717, 1.165) is 26.1 Å². The third kappa shape index (κ3) is 5.49. The van der Waals surface area contributed by atoms with E-state index in [4.69, 9.17) is 0 Å². The number of amides is 1. The Morgan fingerprint density at radius 2 is 1.79 bits per heavy atom. The molecule has 2 saturated heterocycles. The highest BCUT2D eigenvalue weighted by Crippen LogP contribution is 2.09. The smallest absolute Gasteiger partial charge is 0.237 e. The lowest BCUT2D eigenvalue weighted by Gasteiger charge is -2.21. The van der Waals surface area contributed by atoms with E-state index < -0.39 is 0 Å². The van der Waals surface area contributed by atoms with Gasteiger partial charge in [0.05, 0.1) is 6.04 Å². The van der Waals surface area contributed by atoms with E-state index in [1.807, 2.05) is 0 Å². The predicted molar refractivity (Wildman–Crippen MR) is 78.2 cm³/mol. The molecule has 0 bridgehead atoms. The van der Waals surface area contributed by atoms with Gasteiger partial charge >= 0.3 is 0 Å². The van der Waals surface area contributed by atoms with E-state index in [9.17, 15) is 4.79 Å². The third-order valence-electron chi connectivity index (χ3n) is 4.30. The van der Waals surface area contributed by atoms with E-state index in [-0.39, 0.29) is 11.9 Å². The maximum atomic E-state index is 12.1. The van der Waals surface area contributed by atoms with Crippen LogP contribution < -0.4 is 10.6 Å². The zero-order chi connectivity index (χ0) is 13.3. The molecule has 2 N–H and O–H groups in total. The summed E-state index contributed by atoms with van der Waals surface area (Å²) in [5, 5.41) is 6.46. The van der Waals surface area contributed by atoms with E-state index in [1.54, 1.807) is 0 Å². The van der Waals surface area contributed by atoms with Crippen molar-refractivity contribution >= 4 is 5.91 Å². The Labute approximate surface area is 117 Å². The van der Waals surface area contributed by atoms with Crippen LogP contribution >= 0.6 is 0 Å². The summed E-state index contributed by atoms with van der Waals surface area (Å²) < 4.78 is 0. The molecule has 2 aliphatic rings. The summed E-state index contributed by atoms with van der Waals surface area (Å²) in [6, 6.07) is 0.0478. The van der Waals surface area contributed by atoms with Crippen molar-refractivity contribution in [3.8, 4) is 0 Å². The van der Waals surface area contributed by atoms with Crippen LogP contribution in [0.5, 0.6) is 0 Å². The summed E-state index contributed by atoms with van der Waals surface area (Å²) in [5.74, 6) is 0.205. The maximum Gasteiger partial charge on any atom is 0.237 e. The minimum Gasteiger partial charge on any atom is -0.353 e. The van der Waals surface area contributed by atoms with Crippen LogP contribution in [0.1, 0.15) is 51.4 Å². The number of rotatable bonds is 4. The number of nitrogens with zero attached hydrogens (tertiary/aromatic N) is 1. The Balaban J connectivity index is 1.62. The fraction of sp³-hybridized carbons (Fsp3) is 0.933. The molecule has 2 aliphatic heterocycles. The molecule has 4 heteroatoms. The first-order valence-corrected chi connectivity index (χ1v) is 8.10. The highest BCUT2D eigenvalue weighted by molar-refractivity contribution is 5.81. The van der Waals surface area contributed by atoms with Crippen molar-refractivity contribution in [1.82, 2.24) is 15.5 Å². The lowest BCUT2D eigenvalue weighted by atomic mass is 10.1. The standard InChI is InChI=1S/C15H29N3O/c19-15(14-8-4-3-5-9-16-14)17-10-13-18-11-6-1-2-7-12-18/h14,16H,1-13H2,(H,17,19). The van der Waals surface area contributed by atoms with Gasteiger partial charge in [0, 0.05) is 13.1 Å². The van der Waals surface area contributed by atoms with Crippen LogP contribution in [-0.2, 0) is 4.79 Å². The number of likely N-dealkylation sites (tertiary alicyclic amines) is 1. The van der Waals surface area contributed by atoms with Gasteiger partial charge in [-0.25, -0.2) is 0 Å². The molecule has 0 aromatic rings. The second kappa shape index (κ2) is 8.54. The fourth-order valence-corrected chi connectivity index (χ4v) is 3.07. The molecule has 0 aromatic heterocycles. The summed E-state index contributed by atoms with van der Waals surface area (Å²) in [7, 11) is 0. The lowest BCUT2D eigenvalue weighted by Crippen LogP contribution is -2.46. The molecule has 0 aromatic carbocycles. The third-order valence-corrected chi connectivity index (χ3v) is 4.30. The minimum atomic E-state index is 0.0478. The van der Waals surface area contributed by atoms with Gasteiger partial charge in [-0.2, -0.15) is 0 Å². The minimum absolute atomic E-state index is 0.0478. The fourth-order valence-electron chi connectivity index (χ4n) is 3.07. The van der Waals surface area contributed by atoms with Crippen molar-refractivity contribution in [3.63, 3.8) is 0 Å². The van der Waals surface area contributed by atoms with Crippen LogP contribution in [0.15, 0.2) is 0 Å². The molecule has 2 fully saturated rings. The molecule has 0 aliphatic carbocycles. The first-order chi connectivity index (χ1) is 9.36. The topological polar surface area (TPSA) is 44.4 Å². The van der Waals surface area contributed by atoms with Crippen LogP contribution in [0.2, 0.25) is 0 Å². The maximum absolute atomic E-state index is 12.1. The highest BCUT2D eigenvalue weighted by atomic mass is 16.2. The Hall–Kier alpha value is -0.610. The van der Waals surface area contributed by atoms with Crippen LogP contribution in [0.25, 0.3) is 0 Å². The second-order valence-electron chi connectivity index (χ2n) is 5.90. The Morgan fingerprint density at radius 3 is 2.58 bits per heavy atom. The molecule has 4 nitrogen and oxygen atoms in total. The Morgan fingerprint density at radius 1 is 1.05 bits per heavy atom. The molecule has 0 radical (unpaired) electrons. The molecule has 0 spiro atoms. The quantitative estimate of drug-likeness (QED) is 0.811. The molecule has 1 amide bonds. The highest BCUT2D eigenvalue weighted by Gasteiger charge is 2.19. The lowest BCUT2D eigenvalue weighted by molar-refractivity contribution is -0.123. The van der Waals surface area contributed by atoms with E-state index in [2.05, 4.69) is 15.5 Å². The van der Waals surface area contributed by atoms with Gasteiger partial charge in [0.2, 0.25) is 5.91 Å². The van der Waals surface area contributed by atoms with Crippen molar-refractivity contribution in [2.24, 2.45) is 0 Å². The van der Waals surface area contributed by atoms with Crippen LogP contribution in [0.4, 0.5) is 0 Å². The number of carbonyl (C=O) groups is 1. The SMILES string of the molecule is O=C(NCCN1CCCCCC1)C1CCCCCN1. The number of carbonyl (C=O) groups excluding carboxylic acids is 1. The van der Waals surface area contributed by atoms with Gasteiger partial charge < -0.3 is 15.5 Å². The Bertz CT molecular complexity index is 254. The summed E-state index contributed by atoms with van der Waals surface area (Å²) in [4.78, 5) is 14.6. The van der Waals surface area contributed by atoms with E-state index >= 15 is 0 Å². The van der Waals surface area contributed by atoms with Crippen molar-refractivity contribution in [3.05, 3.63) is 0 Å². The van der Waals surface area contributed by atoms with Crippen molar-refractivity contribution in [2.75, 3.05) is 32.7 Å². The first-order valence-electron chi connectivity index (χ1n) is 8.10. The van der Waals surface area contributed by atoms with Crippen LogP contribution in [0, 0.1) is 0 Å². The largest absolute Gasteiger partial charge is 0.353 e. The average Bonchev–Trinajstić information content (AvgIpc) is 2.83. The molecular formula is C15H29N3O. The number of hydrogen-bond acceptors (Lipinski definition) is 3. The van der Waals surface area contributed by atoms with Gasteiger partial charge in [0.25, 0.3) is 0 Å². The summed E-state index contributed by atoms with van der Waals surface area (Å²) >= 11 is 0. The first kappa shape index (κ1) is 14.8. The number of hydrogen-bond donors (Lipinski definition) is 2. The van der Waals surface area contributed by atoms with Crippen LogP contribution in [-0.4, -0.2) is 49.6 Å². The van der Waals surface area contributed by atoms with E-state index in [0.29, 0.717) is 0 Å². The monoisotopic (exact) mass is 267 g/mol. The molecule has 1 unspecified atom stereocenters. The van der Waals surface area contributed by atoms with Gasteiger partial charge in [0.1, 0.15) is 0 Å². The van der Waals surface area contributed by atoms with Gasteiger partial charge in [-0.1, -0.05) is 25.7 Å². The van der Waals surface area contributed by atoms with Crippen molar-refractivity contribution in [1.29, 1.82) is 0 Å². The number of nitrogens with one attached hydrogen (secondary N) is 2. The van der Waals surface area contributed by atoms with Gasteiger partial charge in [-0.15, -0.1) is 0 Å². The van der Waals surface area contributed by atoms with Crippen LogP contribution in [0.3, 0.4) is 0 Å². The van der Waals surface area contributed by atoms with Crippen molar-refractivity contribution < 1.29 is 4.79 Å². The molecule has 2 heterocycles. The van der Waals surface area contributed by atoms with E-state index in [1.165, 1.54) is 58.0 Å². The zero-order valence-corrected chi connectivity index (χ0v) is 12.1. The molecule has 19 heavy (non-hydrogen) atoms. The Kier molecular flexibility index (Phi) is 6.65. The van der Waals surface area contributed by atoms with Gasteiger partial charge in [-0.3, -0.25) is 4.79 Å². The second-order valence-corrected chi connectivity index (χ2v) is 5.90. The molecular weight excluding hydrogens is 238 g/mol. The van der Waals surface area contributed by atoms with Gasteiger partial charge in [0.15, 0.2) is 0 Å².